The number of carbonyl (C=O) groups is 3. The summed E-state index contributed by atoms with van der Waals surface area (Å²) < 4.78 is 0. The van der Waals surface area contributed by atoms with Gasteiger partial charge in [-0.3, -0.25) is 14.6 Å². The van der Waals surface area contributed by atoms with Crippen LogP contribution in [-0.4, -0.2) is 63.5 Å². The number of aliphatic imine (C=N–C) groups is 1. The number of carbonyl (C=O) groups excluding carboxylic acids is 2. The molecule has 1 heterocycles. The Morgan fingerprint density at radius 2 is 1.93 bits per heavy atom. The topological polar surface area (TPSA) is 215 Å². The highest BCUT2D eigenvalue weighted by Gasteiger charge is 2.30. The van der Waals surface area contributed by atoms with Gasteiger partial charge in [-0.15, -0.1) is 0 Å². The highest BCUT2D eigenvalue weighted by Crippen LogP contribution is 2.06. The fourth-order valence-electron chi connectivity index (χ4n) is 2.52. The van der Waals surface area contributed by atoms with E-state index in [0.29, 0.717) is 25.1 Å². The number of H-pyrrole nitrogens is 1. The smallest absolute Gasteiger partial charge is 0.326 e. The maximum Gasteiger partial charge on any atom is 0.326 e. The van der Waals surface area contributed by atoms with Crippen molar-refractivity contribution in [3.63, 3.8) is 0 Å². The molecule has 0 aliphatic heterocycles. The fourth-order valence-corrected chi connectivity index (χ4v) is 2.52. The van der Waals surface area contributed by atoms with E-state index in [9.17, 15) is 19.5 Å². The van der Waals surface area contributed by atoms with Crippen LogP contribution in [0.1, 0.15) is 32.4 Å². The molecule has 3 atom stereocenters. The van der Waals surface area contributed by atoms with Crippen LogP contribution in [0.2, 0.25) is 0 Å². The van der Waals surface area contributed by atoms with Crippen LogP contribution in [0, 0.1) is 5.92 Å². The lowest BCUT2D eigenvalue weighted by Gasteiger charge is -2.25. The van der Waals surface area contributed by atoms with E-state index >= 15 is 0 Å². The van der Waals surface area contributed by atoms with Gasteiger partial charge in [0.15, 0.2) is 5.96 Å². The van der Waals surface area contributed by atoms with Crippen molar-refractivity contribution in [1.82, 2.24) is 20.6 Å². The Hall–Kier alpha value is -3.15. The number of nitrogens with one attached hydrogen (secondary N) is 3. The Labute approximate surface area is 168 Å². The van der Waals surface area contributed by atoms with Crippen LogP contribution in [0.25, 0.3) is 0 Å². The molecule has 0 radical (unpaired) electrons. The van der Waals surface area contributed by atoms with Crippen molar-refractivity contribution < 1.29 is 19.5 Å². The second-order valence-corrected chi connectivity index (χ2v) is 6.97. The standard InChI is InChI=1S/C17H30N8O4/c1-9(2)13(25-14(26)11(18)4-3-5-22-17(19)20)15(27)24-12(16(28)29)6-10-7-21-8-23-10/h7-9,11-13H,3-6,18H2,1-2H3,(H,21,23)(H,24,27)(H,25,26)(H,28,29)(H4,19,20,22). The van der Waals surface area contributed by atoms with Crippen LogP contribution in [-0.2, 0) is 20.8 Å². The van der Waals surface area contributed by atoms with Crippen molar-refractivity contribution in [2.45, 2.75) is 51.2 Å². The highest BCUT2D eigenvalue weighted by atomic mass is 16.4. The summed E-state index contributed by atoms with van der Waals surface area (Å²) in [4.78, 5) is 46.9. The van der Waals surface area contributed by atoms with Gasteiger partial charge in [0.25, 0.3) is 0 Å². The van der Waals surface area contributed by atoms with Crippen LogP contribution in [0.4, 0.5) is 0 Å². The van der Waals surface area contributed by atoms with E-state index in [1.165, 1.54) is 12.5 Å². The van der Waals surface area contributed by atoms with Crippen molar-refractivity contribution in [2.24, 2.45) is 28.1 Å². The zero-order valence-electron chi connectivity index (χ0n) is 16.6. The summed E-state index contributed by atoms with van der Waals surface area (Å²) in [5.41, 5.74) is 16.9. The third-order valence-corrected chi connectivity index (χ3v) is 4.14. The highest BCUT2D eigenvalue weighted by molar-refractivity contribution is 5.92. The van der Waals surface area contributed by atoms with Gasteiger partial charge in [-0.05, 0) is 18.8 Å². The molecule has 0 aliphatic rings. The largest absolute Gasteiger partial charge is 0.480 e. The number of aromatic nitrogens is 2. The normalized spacial score (nSPS) is 13.9. The van der Waals surface area contributed by atoms with Gasteiger partial charge < -0.3 is 37.9 Å². The van der Waals surface area contributed by atoms with Crippen molar-refractivity contribution in [1.29, 1.82) is 0 Å². The van der Waals surface area contributed by atoms with Crippen molar-refractivity contribution in [2.75, 3.05) is 6.54 Å². The monoisotopic (exact) mass is 410 g/mol. The summed E-state index contributed by atoms with van der Waals surface area (Å²) in [5, 5.41) is 14.4. The number of carboxylic acids is 1. The van der Waals surface area contributed by atoms with E-state index < -0.39 is 35.9 Å². The number of nitrogens with zero attached hydrogens (tertiary/aromatic N) is 2. The fraction of sp³-hybridized carbons (Fsp3) is 0.588. The number of rotatable bonds is 12. The van der Waals surface area contributed by atoms with Crippen LogP contribution in [0.3, 0.4) is 0 Å². The second kappa shape index (κ2) is 11.6. The average Bonchev–Trinajstić information content (AvgIpc) is 3.14. The summed E-state index contributed by atoms with van der Waals surface area (Å²) in [6.07, 6.45) is 3.75. The molecule has 3 unspecified atom stereocenters. The number of aliphatic carboxylic acids is 1. The van der Waals surface area contributed by atoms with Crippen LogP contribution < -0.4 is 27.8 Å². The molecule has 0 fully saturated rings. The molecule has 12 nitrogen and oxygen atoms in total. The van der Waals surface area contributed by atoms with Gasteiger partial charge in [0.2, 0.25) is 11.8 Å². The van der Waals surface area contributed by atoms with E-state index in [4.69, 9.17) is 17.2 Å². The van der Waals surface area contributed by atoms with Gasteiger partial charge in [0.1, 0.15) is 12.1 Å². The maximum absolute atomic E-state index is 12.6. The molecule has 12 heteroatoms. The summed E-state index contributed by atoms with van der Waals surface area (Å²) >= 11 is 0. The number of aromatic amines is 1. The molecular formula is C17H30N8O4. The van der Waals surface area contributed by atoms with Crippen molar-refractivity contribution in [3.05, 3.63) is 18.2 Å². The Kier molecular flexibility index (Phi) is 9.59. The molecule has 1 aromatic rings. The van der Waals surface area contributed by atoms with Crippen LogP contribution in [0.5, 0.6) is 0 Å². The average molecular weight is 410 g/mol. The number of hydrogen-bond acceptors (Lipinski definition) is 6. The Morgan fingerprint density at radius 1 is 1.24 bits per heavy atom. The third-order valence-electron chi connectivity index (χ3n) is 4.14. The van der Waals surface area contributed by atoms with E-state index in [1.54, 1.807) is 13.8 Å². The predicted molar refractivity (Wildman–Crippen MR) is 107 cm³/mol. The Morgan fingerprint density at radius 3 is 2.45 bits per heavy atom. The molecule has 0 spiro atoms. The predicted octanol–water partition coefficient (Wildman–Crippen LogP) is -1.96. The number of amides is 2. The van der Waals surface area contributed by atoms with Gasteiger partial charge in [-0.2, -0.15) is 0 Å². The number of hydrogen-bond donors (Lipinski definition) is 7. The summed E-state index contributed by atoms with van der Waals surface area (Å²) in [6.45, 7) is 3.81. The van der Waals surface area contributed by atoms with Gasteiger partial charge in [-0.25, -0.2) is 9.78 Å². The Bertz CT molecular complexity index is 700. The SMILES string of the molecule is CC(C)C(NC(=O)C(N)CCCN=C(N)N)C(=O)NC(Cc1cnc[nH]1)C(=O)O. The Balaban J connectivity index is 2.67. The first-order valence-corrected chi connectivity index (χ1v) is 9.23. The summed E-state index contributed by atoms with van der Waals surface area (Å²) in [6, 6.07) is -2.96. The minimum Gasteiger partial charge on any atom is -0.480 e. The zero-order chi connectivity index (χ0) is 22.0. The number of imidazole rings is 1. The lowest BCUT2D eigenvalue weighted by Crippen LogP contribution is -2.56. The molecule has 10 N–H and O–H groups in total. The molecule has 0 aromatic carbocycles. The number of carboxylic acid groups (broad SMARTS) is 1. The molecular weight excluding hydrogens is 380 g/mol. The lowest BCUT2D eigenvalue weighted by atomic mass is 10.0. The molecule has 2 amide bonds. The van der Waals surface area contributed by atoms with Gasteiger partial charge in [-0.1, -0.05) is 13.8 Å². The first kappa shape index (κ1) is 23.9. The van der Waals surface area contributed by atoms with E-state index in [1.807, 2.05) is 0 Å². The minimum atomic E-state index is -1.20. The molecule has 0 bridgehead atoms. The molecule has 29 heavy (non-hydrogen) atoms. The number of guanidine groups is 1. The van der Waals surface area contributed by atoms with Crippen LogP contribution in [0.15, 0.2) is 17.5 Å². The first-order chi connectivity index (χ1) is 13.6. The van der Waals surface area contributed by atoms with Crippen molar-refractivity contribution in [3.8, 4) is 0 Å². The van der Waals surface area contributed by atoms with Gasteiger partial charge >= 0.3 is 5.97 Å². The first-order valence-electron chi connectivity index (χ1n) is 9.23. The van der Waals surface area contributed by atoms with Gasteiger partial charge in [0, 0.05) is 24.9 Å². The maximum atomic E-state index is 12.6. The van der Waals surface area contributed by atoms with E-state index in [0.717, 1.165) is 0 Å². The quantitative estimate of drug-likeness (QED) is 0.116. The third kappa shape index (κ3) is 8.60. The number of nitrogens with two attached hydrogens (primary N) is 3. The van der Waals surface area contributed by atoms with Crippen LogP contribution >= 0.6 is 0 Å². The summed E-state index contributed by atoms with van der Waals surface area (Å²) in [7, 11) is 0. The zero-order valence-corrected chi connectivity index (χ0v) is 16.6. The van der Waals surface area contributed by atoms with E-state index in [-0.39, 0.29) is 18.3 Å². The van der Waals surface area contributed by atoms with Crippen molar-refractivity contribution >= 4 is 23.7 Å². The van der Waals surface area contributed by atoms with E-state index in [2.05, 4.69) is 25.6 Å². The second-order valence-electron chi connectivity index (χ2n) is 6.97. The van der Waals surface area contributed by atoms with Gasteiger partial charge in [0.05, 0.1) is 12.4 Å². The molecule has 1 aromatic heterocycles. The summed E-state index contributed by atoms with van der Waals surface area (Å²) in [5.74, 6) is -2.63. The lowest BCUT2D eigenvalue weighted by molar-refractivity contribution is -0.142. The molecule has 162 valence electrons. The molecule has 0 saturated carbocycles. The molecule has 1 rings (SSSR count). The molecule has 0 aliphatic carbocycles. The minimum absolute atomic E-state index is 0.0319. The molecule has 0 saturated heterocycles.